The van der Waals surface area contributed by atoms with Gasteiger partial charge >= 0.3 is 11.9 Å². The summed E-state index contributed by atoms with van der Waals surface area (Å²) in [5.74, 6) is -4.80. The standard InChI is InChI=1S/C31H45NO12.Ac/c1-13(2)9-17(32-15(4)33)22(36)27(39)44-18-11-31(41)26(43-16(5)34)24-29(8,19(35)10-20-30(24,40)12-42-20)25(38)23(37)21(14(18)3)28(31,6)7;/h9,17-20,22-24,26,35-37,40-41H,10-12H2,1-8H3,(H,32,33);/t17-,18-,19-,20+,22+,23+,24-,26-,29+,30-,31+;/m0./s1. The number of ether oxygens (including phenoxy) is 3. The van der Waals surface area contributed by atoms with Gasteiger partial charge in [-0.25, -0.2) is 4.79 Å². The minimum Gasteiger partial charge on any atom is -0.459 e. The fourth-order valence-corrected chi connectivity index (χ4v) is 7.96. The first-order valence-corrected chi connectivity index (χ1v) is 14.8. The number of Topliss-reactive ketones (excluding diaryl/α,β-unsaturated/α-hetero) is 1. The molecule has 3 aliphatic carbocycles. The Kier molecular flexibility index (Phi) is 11.0. The Bertz CT molecular complexity index is 1310. The van der Waals surface area contributed by atoms with Crippen LogP contribution in [0.1, 0.15) is 68.2 Å². The number of rotatable bonds is 6. The number of allylic oxidation sites excluding steroid dienone is 1. The summed E-state index contributed by atoms with van der Waals surface area (Å²) in [6, 6.07) is -1.14. The molecule has 11 atom stereocenters. The van der Waals surface area contributed by atoms with Gasteiger partial charge in [-0.2, -0.15) is 0 Å². The number of carbonyl (C=O) groups excluding carboxylic acids is 4. The summed E-state index contributed by atoms with van der Waals surface area (Å²) in [6.07, 6.45) is -8.20. The van der Waals surface area contributed by atoms with Gasteiger partial charge in [0.05, 0.1) is 30.3 Å². The van der Waals surface area contributed by atoms with E-state index in [0.717, 1.165) is 6.92 Å². The van der Waals surface area contributed by atoms with Gasteiger partial charge in [-0.05, 0) is 38.8 Å². The van der Waals surface area contributed by atoms with Gasteiger partial charge in [0.1, 0.15) is 29.5 Å². The smallest absolute Gasteiger partial charge is 0.338 e. The van der Waals surface area contributed by atoms with Crippen LogP contribution in [0.15, 0.2) is 22.8 Å². The first-order chi connectivity index (χ1) is 20.1. The van der Waals surface area contributed by atoms with Gasteiger partial charge in [-0.15, -0.1) is 0 Å². The number of ketones is 1. The van der Waals surface area contributed by atoms with Gasteiger partial charge in [0.2, 0.25) is 5.91 Å². The van der Waals surface area contributed by atoms with Crippen LogP contribution in [-0.4, -0.2) is 110 Å². The molecule has 0 spiro atoms. The molecule has 13 nitrogen and oxygen atoms in total. The van der Waals surface area contributed by atoms with Crippen molar-refractivity contribution in [2.75, 3.05) is 6.61 Å². The summed E-state index contributed by atoms with van der Waals surface area (Å²) >= 11 is 0. The van der Waals surface area contributed by atoms with Crippen LogP contribution in [-0.2, 0) is 33.4 Å². The topological polar surface area (TPSA) is 209 Å². The second kappa shape index (κ2) is 13.0. The van der Waals surface area contributed by atoms with E-state index >= 15 is 0 Å². The average Bonchev–Trinajstić information content (AvgIpc) is 2.89. The van der Waals surface area contributed by atoms with Crippen LogP contribution >= 0.6 is 0 Å². The molecule has 4 aliphatic rings. The van der Waals surface area contributed by atoms with Crippen molar-refractivity contribution in [1.29, 1.82) is 0 Å². The molecule has 0 aromatic rings. The molecule has 6 N–H and O–H groups in total. The molecule has 1 saturated heterocycles. The van der Waals surface area contributed by atoms with E-state index in [1.807, 2.05) is 0 Å². The summed E-state index contributed by atoms with van der Waals surface area (Å²) in [5, 5.41) is 61.0. The molecule has 3 fully saturated rings. The molecular weight excluding hydrogens is 805 g/mol. The second-order valence-electron chi connectivity index (χ2n) is 13.8. The molecule has 1 amide bonds. The maximum atomic E-state index is 14.3. The summed E-state index contributed by atoms with van der Waals surface area (Å²) in [4.78, 5) is 51.9. The number of hydrogen-bond acceptors (Lipinski definition) is 12. The maximum absolute atomic E-state index is 14.3. The predicted molar refractivity (Wildman–Crippen MR) is 152 cm³/mol. The van der Waals surface area contributed by atoms with Crippen LogP contribution in [0, 0.1) is 60.8 Å². The number of esters is 2. The minimum absolute atomic E-state index is 0. The molecule has 2 saturated carbocycles. The van der Waals surface area contributed by atoms with E-state index in [0.29, 0.717) is 5.57 Å². The van der Waals surface area contributed by atoms with Crippen LogP contribution in [0.5, 0.6) is 0 Å². The molecular formula is C31H45AcNO12. The number of hydrogen-bond donors (Lipinski definition) is 6. The van der Waals surface area contributed by atoms with Crippen LogP contribution in [0.25, 0.3) is 0 Å². The Hall–Kier alpha value is -1.24. The zero-order chi connectivity index (χ0) is 33.3. The molecule has 0 aromatic heterocycles. The number of aliphatic hydroxyl groups is 5. The molecule has 4 rings (SSSR count). The van der Waals surface area contributed by atoms with Crippen molar-refractivity contribution < 1.29 is 103 Å². The molecule has 249 valence electrons. The number of carbonyl (C=O) groups is 4. The quantitative estimate of drug-likeness (QED) is 0.149. The average molecular weight is 851 g/mol. The molecule has 2 bridgehead atoms. The van der Waals surface area contributed by atoms with Crippen LogP contribution in [0.4, 0.5) is 0 Å². The van der Waals surface area contributed by atoms with Crippen molar-refractivity contribution in [2.45, 2.75) is 122 Å². The minimum atomic E-state index is -2.19. The van der Waals surface area contributed by atoms with Crippen molar-refractivity contribution >= 4 is 23.6 Å². The molecule has 1 aliphatic heterocycles. The van der Waals surface area contributed by atoms with E-state index in [1.54, 1.807) is 27.7 Å². The predicted octanol–water partition coefficient (Wildman–Crippen LogP) is -0.400. The van der Waals surface area contributed by atoms with Gasteiger partial charge in [-0.1, -0.05) is 25.5 Å². The Labute approximate surface area is 298 Å². The van der Waals surface area contributed by atoms with Crippen molar-refractivity contribution in [2.24, 2.45) is 16.7 Å². The molecule has 45 heavy (non-hydrogen) atoms. The van der Waals surface area contributed by atoms with Crippen molar-refractivity contribution in [3.63, 3.8) is 0 Å². The summed E-state index contributed by atoms with van der Waals surface area (Å²) in [6.45, 7) is 11.5. The van der Waals surface area contributed by atoms with E-state index in [9.17, 15) is 44.7 Å². The van der Waals surface area contributed by atoms with Gasteiger partial charge in [0.25, 0.3) is 0 Å². The zero-order valence-electron chi connectivity index (χ0n) is 27.0. The second-order valence-corrected chi connectivity index (χ2v) is 13.8. The Morgan fingerprint density at radius 1 is 1.07 bits per heavy atom. The van der Waals surface area contributed by atoms with E-state index < -0.39 is 101 Å². The van der Waals surface area contributed by atoms with Crippen molar-refractivity contribution in [3.8, 4) is 0 Å². The maximum Gasteiger partial charge on any atom is 0.338 e. The Balaban J connectivity index is 0.00000552. The molecule has 0 unspecified atom stereocenters. The van der Waals surface area contributed by atoms with Crippen LogP contribution < -0.4 is 5.32 Å². The number of nitrogens with one attached hydrogen (secondary N) is 1. The van der Waals surface area contributed by atoms with Gasteiger partial charge in [0.15, 0.2) is 11.9 Å². The van der Waals surface area contributed by atoms with Crippen LogP contribution in [0.3, 0.4) is 0 Å². The summed E-state index contributed by atoms with van der Waals surface area (Å²) in [7, 11) is 0. The number of amides is 1. The largest absolute Gasteiger partial charge is 0.459 e. The zero-order valence-corrected chi connectivity index (χ0v) is 31.7. The summed E-state index contributed by atoms with van der Waals surface area (Å²) in [5.41, 5.74) is -6.49. The molecule has 1 radical (unpaired) electrons. The molecule has 0 aromatic carbocycles. The van der Waals surface area contributed by atoms with E-state index in [-0.39, 0.29) is 68.2 Å². The first-order valence-electron chi connectivity index (χ1n) is 14.8. The third kappa shape index (κ3) is 6.01. The van der Waals surface area contributed by atoms with E-state index in [2.05, 4.69) is 5.32 Å². The number of fused-ring (bicyclic) bond motifs is 5. The van der Waals surface area contributed by atoms with E-state index in [1.165, 1.54) is 26.8 Å². The third-order valence-electron chi connectivity index (χ3n) is 10.4. The third-order valence-corrected chi connectivity index (χ3v) is 10.4. The molecule has 1 heterocycles. The first kappa shape index (κ1) is 38.2. The monoisotopic (exact) mass is 850 g/mol. The molecule has 14 heteroatoms. The van der Waals surface area contributed by atoms with Gasteiger partial charge in [-0.3, -0.25) is 14.4 Å². The van der Waals surface area contributed by atoms with Crippen LogP contribution in [0.2, 0.25) is 0 Å². The number of aliphatic hydroxyl groups excluding tert-OH is 3. The van der Waals surface area contributed by atoms with Crippen molar-refractivity contribution in [1.82, 2.24) is 5.32 Å². The van der Waals surface area contributed by atoms with Gasteiger partial charge in [0, 0.05) is 82.1 Å². The SMILES string of the molecule is CC(=O)N[C@@H](C=C(C)C)[C@@H](O)C(=O)O[C@H]1C[C@@]2(O)[C@@H](OC(C)=O)[C@@H]3[C@]4(O)CO[C@@H]4C[C@H](O)[C@@]3(C)C(=O)[C@H](O)C(=C1C)C2(C)C.[Ac]. The Morgan fingerprint density at radius 3 is 2.16 bits per heavy atom. The van der Waals surface area contributed by atoms with E-state index in [4.69, 9.17) is 14.2 Å². The van der Waals surface area contributed by atoms with Crippen molar-refractivity contribution in [3.05, 3.63) is 22.8 Å². The Morgan fingerprint density at radius 2 is 1.67 bits per heavy atom. The normalized spacial score (nSPS) is 39.6. The van der Waals surface area contributed by atoms with Gasteiger partial charge < -0.3 is 45.1 Å². The fourth-order valence-electron chi connectivity index (χ4n) is 7.96. The fraction of sp³-hybridized carbons (Fsp3) is 0.742. The summed E-state index contributed by atoms with van der Waals surface area (Å²) < 4.78 is 17.0.